The molecule has 0 rings (SSSR count). The van der Waals surface area contributed by atoms with Crippen LogP contribution in [0.5, 0.6) is 0 Å². The van der Waals surface area contributed by atoms with E-state index in [2.05, 4.69) is 19.4 Å². The van der Waals surface area contributed by atoms with Gasteiger partial charge in [0, 0.05) is 0 Å². The molecule has 0 atom stereocenters. The van der Waals surface area contributed by atoms with Crippen LogP contribution in [-0.2, 0) is 0 Å². The normalized spacial score (nSPS) is 3.00. The zero-order valence-electron chi connectivity index (χ0n) is 2.82. The third-order valence-corrected chi connectivity index (χ3v) is 0. The minimum atomic E-state index is 0.250. The van der Waals surface area contributed by atoms with Crippen molar-refractivity contribution >= 4 is 0 Å². The van der Waals surface area contributed by atoms with Crippen LogP contribution in [0, 0.1) is 12.8 Å². The first-order valence-electron chi connectivity index (χ1n) is 0.960. The van der Waals surface area contributed by atoms with Crippen molar-refractivity contribution in [2.45, 2.75) is 0 Å². The van der Waals surface area contributed by atoms with E-state index >= 15 is 0 Å². The third kappa shape index (κ3) is 8.24. The Kier molecular flexibility index (Phi) is 539. The zero-order valence-corrected chi connectivity index (χ0v) is 2.82. The third-order valence-electron chi connectivity index (χ3n) is 0. The fraction of sp³-hybridized carbons (Fsp3) is 0. The number of halogens is 1. The predicted molar refractivity (Wildman–Crippen MR) is 21.2 cm³/mol. The summed E-state index contributed by atoms with van der Waals surface area (Å²) in [5.74, 6) is 0. The van der Waals surface area contributed by atoms with Crippen LogP contribution in [0.15, 0.2) is 12.9 Å². The predicted octanol–water partition coefficient (Wildman–Crippen LogP) is 1.35. The lowest BCUT2D eigenvalue weighted by molar-refractivity contribution is 0.725. The zero-order chi connectivity index (χ0) is 4.71. The summed E-state index contributed by atoms with van der Waals surface area (Å²) in [6.45, 7) is 2.69. The lowest BCUT2D eigenvalue weighted by atomic mass is 11.2. The largest absolute Gasteiger partial charge is 0.216 e. The Morgan fingerprint density at radius 3 is 1.60 bits per heavy atom. The fourth-order valence-corrected chi connectivity index (χ4v) is 0. The Bertz CT molecular complexity index is 27.9. The van der Waals surface area contributed by atoms with Crippen LogP contribution in [0.1, 0.15) is 0 Å². The van der Waals surface area contributed by atoms with E-state index in [9.17, 15) is 4.39 Å². The standard InChI is InChI=1S/C2H3F.C2H2/c1-2-3;1-2/h2H,1H2;1-2H. The molecule has 0 fully saturated rings. The van der Waals surface area contributed by atoms with Crippen molar-refractivity contribution in [3.05, 3.63) is 12.9 Å². The monoisotopic (exact) mass is 72.0 g/mol. The second-order valence-corrected chi connectivity index (χ2v) is 0.154. The molecule has 0 nitrogen and oxygen atoms in total. The average Bonchev–Trinajstić information content (AvgIpc) is 1.46. The van der Waals surface area contributed by atoms with E-state index in [-0.39, 0.29) is 6.33 Å². The maximum absolute atomic E-state index is 10.1. The van der Waals surface area contributed by atoms with Crippen LogP contribution >= 0.6 is 0 Å². The molecular formula is C4H5F. The molecule has 0 heterocycles. The summed E-state index contributed by atoms with van der Waals surface area (Å²) in [6.07, 6.45) is 8.25. The molecule has 0 unspecified atom stereocenters. The molecule has 28 valence electrons. The molecule has 0 aromatic carbocycles. The van der Waals surface area contributed by atoms with E-state index in [0.717, 1.165) is 0 Å². The molecule has 0 bridgehead atoms. The molecule has 1 heteroatoms. The lowest BCUT2D eigenvalue weighted by Crippen LogP contribution is -0.990. The number of hydrogen-bond acceptors (Lipinski definition) is 0. The van der Waals surface area contributed by atoms with Gasteiger partial charge in [0.15, 0.2) is 0 Å². The Labute approximate surface area is 31.3 Å². The van der Waals surface area contributed by atoms with Gasteiger partial charge in [0.2, 0.25) is 0 Å². The van der Waals surface area contributed by atoms with E-state index in [0.29, 0.717) is 0 Å². The van der Waals surface area contributed by atoms with Crippen LogP contribution < -0.4 is 0 Å². The smallest absolute Gasteiger partial charge is 0.0795 e. The van der Waals surface area contributed by atoms with Crippen molar-refractivity contribution in [1.82, 2.24) is 0 Å². The summed E-state index contributed by atoms with van der Waals surface area (Å²) in [5.41, 5.74) is 0. The Hall–Kier alpha value is -0.770. The minimum Gasteiger partial charge on any atom is -0.216 e. The van der Waals surface area contributed by atoms with Crippen LogP contribution in [0.3, 0.4) is 0 Å². The van der Waals surface area contributed by atoms with Gasteiger partial charge in [-0.3, -0.25) is 0 Å². The second kappa shape index (κ2) is 304. The van der Waals surface area contributed by atoms with Crippen LogP contribution in [0.25, 0.3) is 0 Å². The van der Waals surface area contributed by atoms with E-state index in [1.807, 2.05) is 0 Å². The van der Waals surface area contributed by atoms with Crippen molar-refractivity contribution in [3.63, 3.8) is 0 Å². The van der Waals surface area contributed by atoms with Gasteiger partial charge in [0.05, 0.1) is 6.33 Å². The van der Waals surface area contributed by atoms with Crippen LogP contribution in [-0.4, -0.2) is 0 Å². The van der Waals surface area contributed by atoms with Gasteiger partial charge in [0.25, 0.3) is 0 Å². The van der Waals surface area contributed by atoms with Crippen molar-refractivity contribution in [3.8, 4) is 12.8 Å². The summed E-state index contributed by atoms with van der Waals surface area (Å²) in [5, 5.41) is 0. The van der Waals surface area contributed by atoms with E-state index in [1.54, 1.807) is 0 Å². The topological polar surface area (TPSA) is 0 Å². The van der Waals surface area contributed by atoms with E-state index in [1.165, 1.54) is 0 Å². The van der Waals surface area contributed by atoms with Crippen LogP contribution in [0.4, 0.5) is 4.39 Å². The van der Waals surface area contributed by atoms with Gasteiger partial charge >= 0.3 is 0 Å². The number of hydrogen-bond donors (Lipinski definition) is 0. The molecule has 0 N–H and O–H groups in total. The van der Waals surface area contributed by atoms with Gasteiger partial charge in [0.1, 0.15) is 0 Å². The SMILES string of the molecule is C#C.C=CF. The van der Waals surface area contributed by atoms with Gasteiger partial charge in [-0.2, -0.15) is 0 Å². The first-order chi connectivity index (χ1) is 2.41. The Balaban J connectivity index is 0. The second-order valence-electron chi connectivity index (χ2n) is 0.154. The average molecular weight is 72.1 g/mol. The molecule has 0 amide bonds. The summed E-state index contributed by atoms with van der Waals surface area (Å²) in [6, 6.07) is 0. The molecule has 0 radical (unpaired) electrons. The van der Waals surface area contributed by atoms with Gasteiger partial charge in [-0.15, -0.1) is 12.8 Å². The molecule has 0 aliphatic heterocycles. The Morgan fingerprint density at radius 2 is 1.60 bits per heavy atom. The van der Waals surface area contributed by atoms with E-state index < -0.39 is 0 Å². The van der Waals surface area contributed by atoms with Gasteiger partial charge < -0.3 is 0 Å². The molecule has 0 aromatic heterocycles. The molecular weight excluding hydrogens is 67.0 g/mol. The summed E-state index contributed by atoms with van der Waals surface area (Å²) >= 11 is 0. The quantitative estimate of drug-likeness (QED) is 0.379. The highest BCUT2D eigenvalue weighted by Gasteiger charge is 1.19. The highest BCUT2D eigenvalue weighted by atomic mass is 19.1. The highest BCUT2D eigenvalue weighted by molar-refractivity contribution is 4.47. The van der Waals surface area contributed by atoms with Gasteiger partial charge in [-0.25, -0.2) is 4.39 Å². The molecule has 0 saturated heterocycles. The maximum atomic E-state index is 10.1. The fourth-order valence-electron chi connectivity index (χ4n) is 0. The Morgan fingerprint density at radius 1 is 1.60 bits per heavy atom. The van der Waals surface area contributed by atoms with Gasteiger partial charge in [-0.1, -0.05) is 6.58 Å². The molecule has 0 aliphatic rings. The van der Waals surface area contributed by atoms with Crippen molar-refractivity contribution in [2.75, 3.05) is 0 Å². The highest BCUT2D eigenvalue weighted by Crippen LogP contribution is 1.48. The first kappa shape index (κ1) is 8.87. The molecule has 0 saturated carbocycles. The number of rotatable bonds is 0. The lowest BCUT2D eigenvalue weighted by Gasteiger charge is -1.28. The first-order valence-corrected chi connectivity index (χ1v) is 0.960. The summed E-state index contributed by atoms with van der Waals surface area (Å²) in [7, 11) is 0. The summed E-state index contributed by atoms with van der Waals surface area (Å²) < 4.78 is 10.1. The van der Waals surface area contributed by atoms with Crippen molar-refractivity contribution < 1.29 is 4.39 Å². The molecule has 0 aromatic rings. The van der Waals surface area contributed by atoms with Crippen molar-refractivity contribution in [2.24, 2.45) is 0 Å². The van der Waals surface area contributed by atoms with Crippen LogP contribution in [0.2, 0.25) is 0 Å². The molecule has 5 heavy (non-hydrogen) atoms. The number of terminal acetylenes is 1. The molecule has 0 spiro atoms. The maximum Gasteiger partial charge on any atom is 0.0795 e. The van der Waals surface area contributed by atoms with E-state index in [4.69, 9.17) is 0 Å². The minimum absolute atomic E-state index is 0.250. The molecule has 0 aliphatic carbocycles. The van der Waals surface area contributed by atoms with Gasteiger partial charge in [-0.05, 0) is 0 Å². The van der Waals surface area contributed by atoms with Crippen molar-refractivity contribution in [1.29, 1.82) is 0 Å². The summed E-state index contributed by atoms with van der Waals surface area (Å²) in [4.78, 5) is 0.